The van der Waals surface area contributed by atoms with E-state index in [0.717, 1.165) is 0 Å². The van der Waals surface area contributed by atoms with Gasteiger partial charge in [-0.1, -0.05) is 6.85 Å². The van der Waals surface area contributed by atoms with Crippen molar-refractivity contribution in [3.05, 3.63) is 24.2 Å². The van der Waals surface area contributed by atoms with Crippen LogP contribution in [0, 0.1) is 0 Å². The maximum Gasteiger partial charge on any atom is 0.103 e. The lowest BCUT2D eigenvalue weighted by atomic mass is 10.4. The van der Waals surface area contributed by atoms with E-state index in [1.54, 1.807) is 0 Å². The number of aryl methyl sites for hydroxylation is 1. The van der Waals surface area contributed by atoms with Crippen LogP contribution in [0.2, 0.25) is 0 Å². The van der Waals surface area contributed by atoms with Crippen molar-refractivity contribution in [1.29, 1.82) is 0 Å². The van der Waals surface area contributed by atoms with E-state index >= 15 is 0 Å². The molecule has 1 aromatic heterocycles. The Morgan fingerprint density at radius 2 is 3.14 bits per heavy atom. The molecule has 0 N–H and O–H groups in total. The largest absolute Gasteiger partial charge is 0.469 e. The molecule has 0 aliphatic rings. The lowest BCUT2D eigenvalue weighted by Crippen LogP contribution is -1.66. The van der Waals surface area contributed by atoms with Gasteiger partial charge >= 0.3 is 0 Å². The molecular weight excluding hydrogens is 88.1 g/mol. The van der Waals surface area contributed by atoms with Gasteiger partial charge in [0, 0.05) is 13.2 Å². The molecule has 1 rings (SSSR count). The van der Waals surface area contributed by atoms with Crippen molar-refractivity contribution in [2.75, 3.05) is 0 Å². The zero-order chi connectivity index (χ0) is 9.41. The van der Waals surface area contributed by atoms with Crippen LogP contribution in [0.4, 0.5) is 0 Å². The minimum atomic E-state index is -2.69. The fraction of sp³-hybridized carbons (Fsp3) is 0.333. The Balaban J connectivity index is 3.02. The maximum atomic E-state index is 7.25. The number of rotatable bonds is 1. The average molecular weight is 101 g/mol. The van der Waals surface area contributed by atoms with E-state index in [0.29, 0.717) is 0 Å². The van der Waals surface area contributed by atoms with Gasteiger partial charge in [-0.25, -0.2) is 0 Å². The summed E-state index contributed by atoms with van der Waals surface area (Å²) in [7, 11) is 0. The van der Waals surface area contributed by atoms with Gasteiger partial charge in [-0.3, -0.25) is 0 Å². The second-order valence-corrected chi connectivity index (χ2v) is 1.10. The molecule has 0 aliphatic carbocycles. The Bertz CT molecular complexity index is 247. The van der Waals surface area contributed by atoms with Crippen molar-refractivity contribution < 1.29 is 11.3 Å². The Labute approximate surface area is 50.0 Å². The Hall–Kier alpha value is -0.720. The predicted molar refractivity (Wildman–Crippen MR) is 28.1 cm³/mol. The molecule has 1 heterocycles. The molecule has 0 radical (unpaired) electrons. The first kappa shape index (κ1) is 1.38. The molecule has 38 valence electrons. The molecular formula is C6H8O. The highest BCUT2D eigenvalue weighted by molar-refractivity contribution is 4.96. The van der Waals surface area contributed by atoms with E-state index in [-0.39, 0.29) is 5.76 Å². The third-order valence-electron chi connectivity index (χ3n) is 0.644. The van der Waals surface area contributed by atoms with E-state index in [9.17, 15) is 0 Å². The monoisotopic (exact) mass is 101 g/mol. The highest BCUT2D eigenvalue weighted by Gasteiger charge is 1.84. The van der Waals surface area contributed by atoms with Crippen LogP contribution in [0.5, 0.6) is 0 Å². The smallest absolute Gasteiger partial charge is 0.103 e. The predicted octanol–water partition coefficient (Wildman–Crippen LogP) is 1.84. The summed E-state index contributed by atoms with van der Waals surface area (Å²) in [5.41, 5.74) is 0. The summed E-state index contributed by atoms with van der Waals surface area (Å²) in [6.45, 7) is -2.69. The van der Waals surface area contributed by atoms with Crippen molar-refractivity contribution in [2.45, 2.75) is 13.2 Å². The zero-order valence-electron chi connectivity index (χ0n) is 8.64. The summed E-state index contributed by atoms with van der Waals surface area (Å²) >= 11 is 0. The molecule has 1 heteroatoms. The topological polar surface area (TPSA) is 13.1 Å². The minimum absolute atomic E-state index is 0.164. The van der Waals surface area contributed by atoms with Crippen LogP contribution in [0.15, 0.2) is 22.8 Å². The quantitative estimate of drug-likeness (QED) is 0.526. The van der Waals surface area contributed by atoms with E-state index < -0.39 is 13.2 Å². The third kappa shape index (κ3) is 0.829. The normalized spacial score (nSPS) is 23.7. The lowest BCUT2D eigenvalue weighted by molar-refractivity contribution is 0.516. The van der Waals surface area contributed by atoms with Crippen LogP contribution >= 0.6 is 0 Å². The molecule has 7 heavy (non-hydrogen) atoms. The van der Waals surface area contributed by atoms with Crippen LogP contribution in [-0.4, -0.2) is 0 Å². The SMILES string of the molecule is [2H]C([2H])([2H])C([2H])([2H])c1ccco1. The first-order chi connectivity index (χ1) is 5.36. The van der Waals surface area contributed by atoms with Gasteiger partial charge in [-0.15, -0.1) is 0 Å². The fourth-order valence-corrected chi connectivity index (χ4v) is 0.350. The van der Waals surface area contributed by atoms with Gasteiger partial charge in [0.25, 0.3) is 0 Å². The molecule has 0 amide bonds. The first-order valence-electron chi connectivity index (χ1n) is 4.40. The van der Waals surface area contributed by atoms with Crippen molar-refractivity contribution in [3.8, 4) is 0 Å². The van der Waals surface area contributed by atoms with Crippen molar-refractivity contribution >= 4 is 0 Å². The van der Waals surface area contributed by atoms with Gasteiger partial charge in [0.1, 0.15) is 5.76 Å². The summed E-state index contributed by atoms with van der Waals surface area (Å²) in [5.74, 6) is -0.164. The molecule has 0 fully saturated rings. The molecule has 0 atom stereocenters. The van der Waals surface area contributed by atoms with E-state index in [1.807, 2.05) is 0 Å². The number of hydrogen-bond donors (Lipinski definition) is 0. The van der Waals surface area contributed by atoms with Crippen molar-refractivity contribution in [2.24, 2.45) is 0 Å². The molecule has 1 aromatic rings. The second kappa shape index (κ2) is 1.82. The Morgan fingerprint density at radius 1 is 2.14 bits per heavy atom. The maximum absolute atomic E-state index is 7.25. The molecule has 0 spiro atoms. The Kier molecular flexibility index (Phi) is 0.359. The van der Waals surface area contributed by atoms with E-state index in [4.69, 9.17) is 6.85 Å². The van der Waals surface area contributed by atoms with Crippen LogP contribution in [0.1, 0.15) is 19.5 Å². The van der Waals surface area contributed by atoms with Gasteiger partial charge in [0.2, 0.25) is 0 Å². The zero-order valence-corrected chi connectivity index (χ0v) is 3.64. The van der Waals surface area contributed by atoms with E-state index in [1.165, 1.54) is 18.4 Å². The van der Waals surface area contributed by atoms with E-state index in [2.05, 4.69) is 4.42 Å². The summed E-state index contributed by atoms with van der Waals surface area (Å²) in [6.07, 6.45) is -1.16. The van der Waals surface area contributed by atoms with Crippen molar-refractivity contribution in [1.82, 2.24) is 0 Å². The fourth-order valence-electron chi connectivity index (χ4n) is 0.350. The Morgan fingerprint density at radius 3 is 3.71 bits per heavy atom. The van der Waals surface area contributed by atoms with Crippen LogP contribution < -0.4 is 0 Å². The van der Waals surface area contributed by atoms with Gasteiger partial charge in [0.05, 0.1) is 6.26 Å². The van der Waals surface area contributed by atoms with Gasteiger partial charge < -0.3 is 4.42 Å². The lowest BCUT2D eigenvalue weighted by Gasteiger charge is -1.79. The molecule has 0 aliphatic heterocycles. The first-order valence-corrected chi connectivity index (χ1v) is 1.90. The highest BCUT2D eigenvalue weighted by Crippen LogP contribution is 1.98. The number of furan rings is 1. The second-order valence-electron chi connectivity index (χ2n) is 1.10. The molecule has 0 saturated heterocycles. The third-order valence-corrected chi connectivity index (χ3v) is 0.644. The van der Waals surface area contributed by atoms with Crippen LogP contribution in [-0.2, 0) is 6.37 Å². The molecule has 0 unspecified atom stereocenters. The van der Waals surface area contributed by atoms with Gasteiger partial charge in [-0.05, 0) is 12.1 Å². The van der Waals surface area contributed by atoms with Crippen LogP contribution in [0.25, 0.3) is 0 Å². The highest BCUT2D eigenvalue weighted by atomic mass is 16.3. The summed E-state index contributed by atoms with van der Waals surface area (Å²) in [6, 6.07) is 2.77. The number of hydrogen-bond acceptors (Lipinski definition) is 1. The van der Waals surface area contributed by atoms with Gasteiger partial charge in [-0.2, -0.15) is 0 Å². The molecule has 0 aromatic carbocycles. The molecule has 0 saturated carbocycles. The van der Waals surface area contributed by atoms with Crippen molar-refractivity contribution in [3.63, 3.8) is 0 Å². The summed E-state index contributed by atoms with van der Waals surface area (Å²) < 4.78 is 39.9. The molecule has 1 nitrogen and oxygen atoms in total. The average Bonchev–Trinajstić information content (AvgIpc) is 2.34. The van der Waals surface area contributed by atoms with Gasteiger partial charge in [0.15, 0.2) is 0 Å². The minimum Gasteiger partial charge on any atom is -0.469 e. The summed E-state index contributed by atoms with van der Waals surface area (Å²) in [4.78, 5) is 0. The molecule has 0 bridgehead atoms. The standard InChI is InChI=1S/C6H8O/c1-2-6-4-3-5-7-6/h3-5H,2H2,1H3/i1D3,2D2. The summed E-state index contributed by atoms with van der Waals surface area (Å²) in [5, 5.41) is 0. The van der Waals surface area contributed by atoms with Crippen LogP contribution in [0.3, 0.4) is 0 Å².